The maximum absolute atomic E-state index is 5.25. The van der Waals surface area contributed by atoms with Crippen LogP contribution in [0.2, 0.25) is 0 Å². The number of nitrogens with zero attached hydrogens (tertiary/aromatic N) is 3. The van der Waals surface area contributed by atoms with E-state index in [1.165, 1.54) is 0 Å². The van der Waals surface area contributed by atoms with Gasteiger partial charge in [-0.3, -0.25) is 4.90 Å². The van der Waals surface area contributed by atoms with Crippen LogP contribution in [0.4, 0.5) is 0 Å². The van der Waals surface area contributed by atoms with Crippen molar-refractivity contribution < 1.29 is 9.47 Å². The molecule has 82 valence electrons. The standard InChI is InChI=1S/C10H15N3O2/c1-2-12(7-11-1)8-13(3-9-5-14-9)4-10-6-15-10/h1-2,7,9-10H,3-6,8H2. The third-order valence-electron chi connectivity index (χ3n) is 2.65. The zero-order valence-electron chi connectivity index (χ0n) is 8.58. The monoisotopic (exact) mass is 209 g/mol. The van der Waals surface area contributed by atoms with E-state index in [-0.39, 0.29) is 0 Å². The molecule has 5 nitrogen and oxygen atoms in total. The predicted molar refractivity (Wildman–Crippen MR) is 53.3 cm³/mol. The molecule has 0 aliphatic carbocycles. The van der Waals surface area contributed by atoms with Crippen LogP contribution in [0.5, 0.6) is 0 Å². The molecule has 0 bridgehead atoms. The first kappa shape index (κ1) is 9.33. The third-order valence-corrected chi connectivity index (χ3v) is 2.65. The summed E-state index contributed by atoms with van der Waals surface area (Å²) in [6.07, 6.45) is 6.50. The van der Waals surface area contributed by atoms with Gasteiger partial charge in [-0.15, -0.1) is 0 Å². The summed E-state index contributed by atoms with van der Waals surface area (Å²) in [5, 5.41) is 0. The van der Waals surface area contributed by atoms with Crippen molar-refractivity contribution in [3.63, 3.8) is 0 Å². The number of hydrogen-bond acceptors (Lipinski definition) is 4. The van der Waals surface area contributed by atoms with Crippen molar-refractivity contribution in [2.24, 2.45) is 0 Å². The molecule has 1 aromatic rings. The molecule has 2 unspecified atom stereocenters. The van der Waals surface area contributed by atoms with E-state index in [9.17, 15) is 0 Å². The third kappa shape index (κ3) is 2.77. The molecule has 15 heavy (non-hydrogen) atoms. The van der Waals surface area contributed by atoms with Crippen molar-refractivity contribution in [2.45, 2.75) is 18.9 Å². The first-order valence-corrected chi connectivity index (χ1v) is 5.31. The van der Waals surface area contributed by atoms with Gasteiger partial charge in [0.2, 0.25) is 0 Å². The minimum atomic E-state index is 0.437. The van der Waals surface area contributed by atoms with Crippen LogP contribution >= 0.6 is 0 Å². The van der Waals surface area contributed by atoms with Gasteiger partial charge in [0, 0.05) is 25.5 Å². The first-order chi connectivity index (χ1) is 7.40. The van der Waals surface area contributed by atoms with E-state index in [0.29, 0.717) is 12.2 Å². The minimum absolute atomic E-state index is 0.437. The molecular weight excluding hydrogens is 194 g/mol. The summed E-state index contributed by atoms with van der Waals surface area (Å²) in [7, 11) is 0. The Bertz CT molecular complexity index is 292. The number of imidazole rings is 1. The van der Waals surface area contributed by atoms with Gasteiger partial charge >= 0.3 is 0 Å². The SMILES string of the molecule is c1cn(CN(CC2CO2)CC2CO2)cn1. The lowest BCUT2D eigenvalue weighted by Crippen LogP contribution is -2.33. The maximum atomic E-state index is 5.25. The Morgan fingerprint density at radius 1 is 1.27 bits per heavy atom. The van der Waals surface area contributed by atoms with Gasteiger partial charge in [-0.2, -0.15) is 0 Å². The summed E-state index contributed by atoms with van der Waals surface area (Å²) in [6, 6.07) is 0. The van der Waals surface area contributed by atoms with Crippen molar-refractivity contribution in [2.75, 3.05) is 26.3 Å². The second-order valence-electron chi connectivity index (χ2n) is 4.16. The highest BCUT2D eigenvalue weighted by Crippen LogP contribution is 2.16. The second kappa shape index (κ2) is 3.92. The molecule has 2 aliphatic rings. The molecular formula is C10H15N3O2. The highest BCUT2D eigenvalue weighted by Gasteiger charge is 2.30. The molecule has 0 saturated carbocycles. The molecule has 2 aliphatic heterocycles. The van der Waals surface area contributed by atoms with Gasteiger partial charge in [-0.25, -0.2) is 4.98 Å². The van der Waals surface area contributed by atoms with Crippen molar-refractivity contribution in [3.8, 4) is 0 Å². The van der Waals surface area contributed by atoms with Crippen molar-refractivity contribution in [1.29, 1.82) is 0 Å². The topological polar surface area (TPSA) is 46.1 Å². The summed E-state index contributed by atoms with van der Waals surface area (Å²) in [5.41, 5.74) is 0. The molecule has 1 aromatic heterocycles. The first-order valence-electron chi connectivity index (χ1n) is 5.31. The Labute approximate surface area is 88.6 Å². The van der Waals surface area contributed by atoms with Gasteiger partial charge in [0.15, 0.2) is 0 Å². The molecule has 3 heterocycles. The van der Waals surface area contributed by atoms with E-state index in [4.69, 9.17) is 9.47 Å². The summed E-state index contributed by atoms with van der Waals surface area (Å²) < 4.78 is 12.6. The molecule has 3 rings (SSSR count). The van der Waals surface area contributed by atoms with Crippen LogP contribution in [-0.4, -0.2) is 53.0 Å². The van der Waals surface area contributed by atoms with Gasteiger partial charge in [0.05, 0.1) is 38.4 Å². The number of rotatable bonds is 6. The predicted octanol–water partition coefficient (Wildman–Crippen LogP) is -0.0598. The van der Waals surface area contributed by atoms with Gasteiger partial charge < -0.3 is 14.0 Å². The Morgan fingerprint density at radius 2 is 1.93 bits per heavy atom. The number of ether oxygens (including phenoxy) is 2. The zero-order valence-corrected chi connectivity index (χ0v) is 8.58. The largest absolute Gasteiger partial charge is 0.372 e. The minimum Gasteiger partial charge on any atom is -0.372 e. The zero-order chi connectivity index (χ0) is 10.1. The highest BCUT2D eigenvalue weighted by molar-refractivity contribution is 4.81. The lowest BCUT2D eigenvalue weighted by atomic mass is 10.3. The quantitative estimate of drug-likeness (QED) is 0.616. The van der Waals surface area contributed by atoms with E-state index >= 15 is 0 Å². The van der Waals surface area contributed by atoms with Crippen molar-refractivity contribution in [1.82, 2.24) is 14.5 Å². The van der Waals surface area contributed by atoms with Crippen LogP contribution < -0.4 is 0 Å². The second-order valence-corrected chi connectivity index (χ2v) is 4.16. The van der Waals surface area contributed by atoms with Crippen LogP contribution in [-0.2, 0) is 16.1 Å². The van der Waals surface area contributed by atoms with E-state index in [1.54, 1.807) is 6.20 Å². The summed E-state index contributed by atoms with van der Waals surface area (Å²) in [5.74, 6) is 0. The molecule has 0 spiro atoms. The molecule has 2 saturated heterocycles. The Balaban J connectivity index is 1.55. The fourth-order valence-electron chi connectivity index (χ4n) is 1.71. The molecule has 0 N–H and O–H groups in total. The fraction of sp³-hybridized carbons (Fsp3) is 0.700. The lowest BCUT2D eigenvalue weighted by Gasteiger charge is -2.20. The van der Waals surface area contributed by atoms with Crippen LogP contribution in [0.25, 0.3) is 0 Å². The maximum Gasteiger partial charge on any atom is 0.0956 e. The highest BCUT2D eigenvalue weighted by atomic mass is 16.6. The van der Waals surface area contributed by atoms with Crippen LogP contribution in [0.3, 0.4) is 0 Å². The van der Waals surface area contributed by atoms with E-state index < -0.39 is 0 Å². The van der Waals surface area contributed by atoms with Gasteiger partial charge in [0.1, 0.15) is 0 Å². The average molecular weight is 209 g/mol. The Morgan fingerprint density at radius 3 is 2.40 bits per heavy atom. The van der Waals surface area contributed by atoms with Crippen molar-refractivity contribution >= 4 is 0 Å². The number of aromatic nitrogens is 2. The van der Waals surface area contributed by atoms with Crippen LogP contribution in [0, 0.1) is 0 Å². The summed E-state index contributed by atoms with van der Waals surface area (Å²) in [6.45, 7) is 4.69. The number of epoxide rings is 2. The van der Waals surface area contributed by atoms with Crippen molar-refractivity contribution in [3.05, 3.63) is 18.7 Å². The average Bonchev–Trinajstić information content (AvgIpc) is 3.12. The van der Waals surface area contributed by atoms with Crippen LogP contribution in [0.1, 0.15) is 0 Å². The smallest absolute Gasteiger partial charge is 0.0956 e. The molecule has 2 atom stereocenters. The summed E-state index contributed by atoms with van der Waals surface area (Å²) >= 11 is 0. The van der Waals surface area contributed by atoms with Gasteiger partial charge in [-0.1, -0.05) is 0 Å². The van der Waals surface area contributed by atoms with Gasteiger partial charge in [0.25, 0.3) is 0 Å². The molecule has 0 radical (unpaired) electrons. The molecule has 5 heteroatoms. The number of hydrogen-bond donors (Lipinski definition) is 0. The molecule has 0 aromatic carbocycles. The van der Waals surface area contributed by atoms with Crippen LogP contribution in [0.15, 0.2) is 18.7 Å². The normalized spacial score (nSPS) is 28.3. The Hall–Kier alpha value is -0.910. The molecule has 2 fully saturated rings. The fourth-order valence-corrected chi connectivity index (χ4v) is 1.71. The summed E-state index contributed by atoms with van der Waals surface area (Å²) in [4.78, 5) is 6.40. The Kier molecular flexibility index (Phi) is 2.44. The molecule has 0 amide bonds. The van der Waals surface area contributed by atoms with Gasteiger partial charge in [-0.05, 0) is 0 Å². The van der Waals surface area contributed by atoms with E-state index in [1.807, 2.05) is 12.5 Å². The van der Waals surface area contributed by atoms with E-state index in [2.05, 4.69) is 14.5 Å². The lowest BCUT2D eigenvalue weighted by molar-refractivity contribution is 0.180. The van der Waals surface area contributed by atoms with E-state index in [0.717, 1.165) is 33.0 Å².